The van der Waals surface area contributed by atoms with Crippen molar-refractivity contribution in [2.24, 2.45) is 5.92 Å². The van der Waals surface area contributed by atoms with Gasteiger partial charge in [0.05, 0.1) is 13.0 Å². The van der Waals surface area contributed by atoms with E-state index in [0.29, 0.717) is 12.2 Å². The van der Waals surface area contributed by atoms with Crippen LogP contribution in [0.15, 0.2) is 54.6 Å². The van der Waals surface area contributed by atoms with Gasteiger partial charge in [-0.3, -0.25) is 4.79 Å². The first-order valence-electron chi connectivity index (χ1n) is 6.58. The molecule has 0 aliphatic carbocycles. The van der Waals surface area contributed by atoms with Gasteiger partial charge in [0, 0.05) is 0 Å². The Balaban J connectivity index is 1.93. The van der Waals surface area contributed by atoms with Crippen LogP contribution in [0.25, 0.3) is 0 Å². The molecule has 1 unspecified atom stereocenters. The predicted molar refractivity (Wildman–Crippen MR) is 77.9 cm³/mol. The second-order valence-corrected chi connectivity index (χ2v) is 4.69. The number of para-hydroxylation sites is 1. The van der Waals surface area contributed by atoms with Gasteiger partial charge in [-0.15, -0.1) is 0 Å². The number of ether oxygens (including phenoxy) is 2. The van der Waals surface area contributed by atoms with E-state index < -0.39 is 0 Å². The summed E-state index contributed by atoms with van der Waals surface area (Å²) in [7, 11) is 1.63. The van der Waals surface area contributed by atoms with Gasteiger partial charge >= 0.3 is 5.97 Å². The molecule has 2 aromatic rings. The molecule has 2 aromatic carbocycles. The Morgan fingerprint density at radius 2 is 1.65 bits per heavy atom. The maximum absolute atomic E-state index is 12.0. The highest BCUT2D eigenvalue weighted by Gasteiger charge is 2.15. The highest BCUT2D eigenvalue weighted by atomic mass is 16.5. The summed E-state index contributed by atoms with van der Waals surface area (Å²) in [6, 6.07) is 16.8. The molecule has 0 spiro atoms. The number of hydrogen-bond acceptors (Lipinski definition) is 3. The zero-order chi connectivity index (χ0) is 14.4. The van der Waals surface area contributed by atoms with Crippen molar-refractivity contribution in [1.29, 1.82) is 0 Å². The Kier molecular flexibility index (Phi) is 4.77. The minimum atomic E-state index is -0.216. The molecule has 104 valence electrons. The summed E-state index contributed by atoms with van der Waals surface area (Å²) in [5.74, 6) is 0.989. The van der Waals surface area contributed by atoms with E-state index in [9.17, 15) is 4.79 Å². The van der Waals surface area contributed by atoms with E-state index in [1.807, 2.05) is 49.4 Å². The Morgan fingerprint density at radius 1 is 1.00 bits per heavy atom. The van der Waals surface area contributed by atoms with Crippen molar-refractivity contribution < 1.29 is 14.3 Å². The summed E-state index contributed by atoms with van der Waals surface area (Å²) in [5.41, 5.74) is 1.09. The van der Waals surface area contributed by atoms with Gasteiger partial charge in [0.1, 0.15) is 11.5 Å². The minimum absolute atomic E-state index is 0.191. The summed E-state index contributed by atoms with van der Waals surface area (Å²) < 4.78 is 10.4. The third-order valence-corrected chi connectivity index (χ3v) is 3.06. The van der Waals surface area contributed by atoms with E-state index in [4.69, 9.17) is 9.47 Å². The highest BCUT2D eigenvalue weighted by molar-refractivity contribution is 5.75. The fourth-order valence-corrected chi connectivity index (χ4v) is 1.90. The molecule has 0 radical (unpaired) electrons. The lowest BCUT2D eigenvalue weighted by molar-refractivity contribution is -0.138. The second-order valence-electron chi connectivity index (χ2n) is 4.69. The van der Waals surface area contributed by atoms with Crippen molar-refractivity contribution in [2.45, 2.75) is 13.3 Å². The van der Waals surface area contributed by atoms with Crippen LogP contribution >= 0.6 is 0 Å². The van der Waals surface area contributed by atoms with Crippen LogP contribution in [0.1, 0.15) is 12.5 Å². The van der Waals surface area contributed by atoms with Crippen molar-refractivity contribution in [3.63, 3.8) is 0 Å². The van der Waals surface area contributed by atoms with Gasteiger partial charge < -0.3 is 9.47 Å². The molecule has 1 atom stereocenters. The Hall–Kier alpha value is -2.29. The number of rotatable bonds is 5. The quantitative estimate of drug-likeness (QED) is 0.616. The van der Waals surface area contributed by atoms with Gasteiger partial charge in [0.15, 0.2) is 0 Å². The molecule has 0 N–H and O–H groups in total. The molecule has 0 aliphatic heterocycles. The van der Waals surface area contributed by atoms with Crippen molar-refractivity contribution >= 4 is 5.97 Å². The van der Waals surface area contributed by atoms with Crippen molar-refractivity contribution in [2.75, 3.05) is 7.11 Å². The first-order chi connectivity index (χ1) is 9.69. The first-order valence-corrected chi connectivity index (χ1v) is 6.58. The SMILES string of the molecule is COc1ccc(CC(C)C(=O)Oc2ccccc2)cc1. The highest BCUT2D eigenvalue weighted by Crippen LogP contribution is 2.17. The van der Waals surface area contributed by atoms with Gasteiger partial charge in [-0.05, 0) is 36.2 Å². The molecule has 3 nitrogen and oxygen atoms in total. The standard InChI is InChI=1S/C17H18O3/c1-13(12-14-8-10-15(19-2)11-9-14)17(18)20-16-6-4-3-5-7-16/h3-11,13H,12H2,1-2H3. The van der Waals surface area contributed by atoms with E-state index in [2.05, 4.69) is 0 Å². The Morgan fingerprint density at radius 3 is 2.25 bits per heavy atom. The molecular weight excluding hydrogens is 252 g/mol. The number of hydrogen-bond donors (Lipinski definition) is 0. The number of esters is 1. The lowest BCUT2D eigenvalue weighted by atomic mass is 10.0. The molecule has 0 saturated heterocycles. The molecule has 0 aromatic heterocycles. The zero-order valence-corrected chi connectivity index (χ0v) is 11.7. The van der Waals surface area contributed by atoms with Crippen molar-refractivity contribution in [1.82, 2.24) is 0 Å². The number of benzene rings is 2. The summed E-state index contributed by atoms with van der Waals surface area (Å²) in [5, 5.41) is 0. The van der Waals surface area contributed by atoms with Crippen LogP contribution < -0.4 is 9.47 Å². The topological polar surface area (TPSA) is 35.5 Å². The molecule has 0 heterocycles. The summed E-state index contributed by atoms with van der Waals surface area (Å²) in [6.07, 6.45) is 0.648. The molecule has 0 saturated carbocycles. The van der Waals surface area contributed by atoms with Crippen LogP contribution in [0.2, 0.25) is 0 Å². The minimum Gasteiger partial charge on any atom is -0.497 e. The van der Waals surface area contributed by atoms with Gasteiger partial charge in [0.2, 0.25) is 0 Å². The summed E-state index contributed by atoms with van der Waals surface area (Å²) >= 11 is 0. The van der Waals surface area contributed by atoms with E-state index >= 15 is 0 Å². The molecule has 0 bridgehead atoms. The lowest BCUT2D eigenvalue weighted by Crippen LogP contribution is -2.19. The summed E-state index contributed by atoms with van der Waals surface area (Å²) in [6.45, 7) is 1.87. The van der Waals surface area contributed by atoms with Crippen LogP contribution in [0.3, 0.4) is 0 Å². The number of carbonyl (C=O) groups excluding carboxylic acids is 1. The van der Waals surface area contributed by atoms with Crippen LogP contribution in [0.4, 0.5) is 0 Å². The van der Waals surface area contributed by atoms with Gasteiger partial charge in [-0.1, -0.05) is 37.3 Å². The number of carbonyl (C=O) groups is 1. The van der Waals surface area contributed by atoms with Gasteiger partial charge in [-0.2, -0.15) is 0 Å². The number of methoxy groups -OCH3 is 1. The normalized spacial score (nSPS) is 11.7. The molecule has 20 heavy (non-hydrogen) atoms. The fraction of sp³-hybridized carbons (Fsp3) is 0.235. The molecule has 0 fully saturated rings. The van der Waals surface area contributed by atoms with Crippen molar-refractivity contribution in [3.05, 3.63) is 60.2 Å². The van der Waals surface area contributed by atoms with Crippen LogP contribution in [0, 0.1) is 5.92 Å². The predicted octanol–water partition coefficient (Wildman–Crippen LogP) is 3.48. The second kappa shape index (κ2) is 6.75. The van der Waals surface area contributed by atoms with E-state index in [0.717, 1.165) is 11.3 Å². The van der Waals surface area contributed by atoms with Gasteiger partial charge in [0.25, 0.3) is 0 Å². The smallest absolute Gasteiger partial charge is 0.314 e. The molecule has 2 rings (SSSR count). The summed E-state index contributed by atoms with van der Waals surface area (Å²) in [4.78, 5) is 12.0. The lowest BCUT2D eigenvalue weighted by Gasteiger charge is -2.11. The first kappa shape index (κ1) is 14.1. The van der Waals surface area contributed by atoms with E-state index in [1.165, 1.54) is 0 Å². The third-order valence-electron chi connectivity index (χ3n) is 3.06. The van der Waals surface area contributed by atoms with Gasteiger partial charge in [-0.25, -0.2) is 0 Å². The largest absolute Gasteiger partial charge is 0.497 e. The maximum Gasteiger partial charge on any atom is 0.314 e. The Bertz CT molecular complexity index is 546. The average molecular weight is 270 g/mol. The molecule has 3 heteroatoms. The van der Waals surface area contributed by atoms with Crippen LogP contribution in [-0.4, -0.2) is 13.1 Å². The maximum atomic E-state index is 12.0. The molecule has 0 aliphatic rings. The van der Waals surface area contributed by atoms with E-state index in [-0.39, 0.29) is 11.9 Å². The monoisotopic (exact) mass is 270 g/mol. The van der Waals surface area contributed by atoms with Crippen LogP contribution in [0.5, 0.6) is 11.5 Å². The van der Waals surface area contributed by atoms with Crippen LogP contribution in [-0.2, 0) is 11.2 Å². The zero-order valence-electron chi connectivity index (χ0n) is 11.7. The van der Waals surface area contributed by atoms with E-state index in [1.54, 1.807) is 19.2 Å². The Labute approximate surface area is 119 Å². The third kappa shape index (κ3) is 3.85. The average Bonchev–Trinajstić information content (AvgIpc) is 2.49. The molecule has 0 amide bonds. The fourth-order valence-electron chi connectivity index (χ4n) is 1.90. The van der Waals surface area contributed by atoms with Crippen molar-refractivity contribution in [3.8, 4) is 11.5 Å². The molecular formula is C17H18O3.